The molecule has 0 saturated carbocycles. The fraction of sp³-hybridized carbons (Fsp3) is 0.0149. The number of furan rings is 1. The maximum Gasteiger partial charge on any atom is 0.137 e. The van der Waals surface area contributed by atoms with Crippen LogP contribution in [0, 0.1) is 0 Å². The van der Waals surface area contributed by atoms with Gasteiger partial charge < -0.3 is 13.9 Å². The van der Waals surface area contributed by atoms with Crippen LogP contribution in [-0.4, -0.2) is 4.57 Å². The van der Waals surface area contributed by atoms with Crippen LogP contribution in [0.15, 0.2) is 271 Å². The van der Waals surface area contributed by atoms with Crippen molar-refractivity contribution in [3.05, 3.63) is 289 Å². The smallest absolute Gasteiger partial charge is 0.137 e. The van der Waals surface area contributed by atoms with Gasteiger partial charge >= 0.3 is 0 Å². The Kier molecular flexibility index (Phi) is 7.07. The second-order valence-corrected chi connectivity index (χ2v) is 17.7. The summed E-state index contributed by atoms with van der Waals surface area (Å²) < 4.78 is 96.0. The van der Waals surface area contributed by atoms with Gasteiger partial charge in [0.2, 0.25) is 0 Å². The second-order valence-electron chi connectivity index (χ2n) is 17.7. The summed E-state index contributed by atoms with van der Waals surface area (Å²) in [6.45, 7) is 0. The molecule has 3 heteroatoms. The molecular weight excluding hydrogens is 849 g/mol. The summed E-state index contributed by atoms with van der Waals surface area (Å²) in [6.07, 6.45) is 0. The van der Waals surface area contributed by atoms with Crippen LogP contribution in [0.25, 0.3) is 82.8 Å². The Morgan fingerprint density at radius 2 is 0.914 bits per heavy atom. The largest absolute Gasteiger partial charge is 0.456 e. The lowest BCUT2D eigenvalue weighted by Gasteiger charge is -2.46. The predicted octanol–water partition coefficient (Wildman–Crippen LogP) is 17.8. The Balaban J connectivity index is 1.06. The minimum atomic E-state index is -0.846. The van der Waals surface area contributed by atoms with Crippen molar-refractivity contribution in [2.24, 2.45) is 0 Å². The number of rotatable bonds is 7. The first-order chi connectivity index (χ1) is 38.9. The van der Waals surface area contributed by atoms with Crippen molar-refractivity contribution in [3.8, 4) is 39.1 Å². The van der Waals surface area contributed by atoms with Crippen LogP contribution in [0.5, 0.6) is 0 Å². The van der Waals surface area contributed by atoms with Crippen LogP contribution in [0.3, 0.4) is 0 Å². The molecule has 0 amide bonds. The van der Waals surface area contributed by atoms with E-state index in [0.717, 1.165) is 88.7 Å². The zero-order valence-corrected chi connectivity index (χ0v) is 37.4. The van der Waals surface area contributed by atoms with Crippen molar-refractivity contribution in [1.82, 2.24) is 4.57 Å². The van der Waals surface area contributed by atoms with Crippen LogP contribution < -0.4 is 4.90 Å². The number of hydrogen-bond donors (Lipinski definition) is 0. The molecule has 3 nitrogen and oxygen atoms in total. The highest BCUT2D eigenvalue weighted by molar-refractivity contribution is 6.14. The molecule has 70 heavy (non-hydrogen) atoms. The van der Waals surface area contributed by atoms with E-state index in [9.17, 15) is 0 Å². The van der Waals surface area contributed by atoms with E-state index in [1.54, 1.807) is 12.1 Å². The zero-order chi connectivity index (χ0) is 54.9. The molecule has 0 saturated heterocycles. The van der Waals surface area contributed by atoms with E-state index in [2.05, 4.69) is 143 Å². The normalized spacial score (nSPS) is 14.9. The highest BCUT2D eigenvalue weighted by Gasteiger charge is 2.47. The van der Waals surface area contributed by atoms with E-state index < -0.39 is 65.8 Å². The molecule has 0 spiro atoms. The maximum atomic E-state index is 9.02. The third-order valence-corrected chi connectivity index (χ3v) is 14.0. The van der Waals surface area contributed by atoms with Crippen LogP contribution in [0.1, 0.15) is 36.0 Å². The summed E-state index contributed by atoms with van der Waals surface area (Å²) in [7, 11) is 0. The van der Waals surface area contributed by atoms with Gasteiger partial charge in [-0.3, -0.25) is 0 Å². The Hall–Kier alpha value is -9.18. The average Bonchev–Trinajstić information content (AvgIpc) is 2.24. The Labute approximate surface area is 420 Å². The van der Waals surface area contributed by atoms with Crippen molar-refractivity contribution in [2.75, 3.05) is 4.90 Å². The summed E-state index contributed by atoms with van der Waals surface area (Å²) in [5.74, 6) is 0. The van der Waals surface area contributed by atoms with Crippen LogP contribution in [0.2, 0.25) is 0 Å². The van der Waals surface area contributed by atoms with Gasteiger partial charge in [-0.15, -0.1) is 0 Å². The number of anilines is 3. The Morgan fingerprint density at radius 3 is 1.63 bits per heavy atom. The molecule has 0 radical (unpaired) electrons. The Bertz CT molecular complexity index is 4560. The molecule has 0 N–H and O–H groups in total. The zero-order valence-electron chi connectivity index (χ0n) is 47.4. The molecule has 1 aliphatic heterocycles. The number of nitrogens with zero attached hydrogens (tertiary/aromatic N) is 2. The fourth-order valence-electron chi connectivity index (χ4n) is 11.1. The van der Waals surface area contributed by atoms with Gasteiger partial charge in [0.25, 0.3) is 0 Å². The van der Waals surface area contributed by atoms with Gasteiger partial charge in [0.15, 0.2) is 0 Å². The van der Waals surface area contributed by atoms with Crippen LogP contribution >= 0.6 is 0 Å². The minimum absolute atomic E-state index is 0.0798. The van der Waals surface area contributed by atoms with Gasteiger partial charge in [-0.1, -0.05) is 194 Å². The monoisotopic (exact) mass is 902 g/mol. The molecule has 1 aliphatic rings. The molecule has 0 fully saturated rings. The number of para-hydroxylation sites is 3. The fourth-order valence-corrected chi connectivity index (χ4v) is 11.1. The highest BCUT2D eigenvalue weighted by Crippen LogP contribution is 2.59. The lowest BCUT2D eigenvalue weighted by atomic mass is 9.62. The minimum Gasteiger partial charge on any atom is -0.456 e. The predicted molar refractivity (Wildman–Crippen MR) is 291 cm³/mol. The van der Waals surface area contributed by atoms with Gasteiger partial charge in [-0.25, -0.2) is 0 Å². The molecular formula is C67H44N2O. The first kappa shape index (κ1) is 31.0. The van der Waals surface area contributed by atoms with E-state index in [1.807, 2.05) is 54.6 Å². The molecule has 13 aromatic rings. The number of hydrogen-bond acceptors (Lipinski definition) is 2. The first-order valence-corrected chi connectivity index (χ1v) is 23.3. The van der Waals surface area contributed by atoms with Crippen LogP contribution in [-0.2, 0) is 5.41 Å². The average molecular weight is 903 g/mol. The molecule has 0 bridgehead atoms. The van der Waals surface area contributed by atoms with Crippen molar-refractivity contribution < 1.29 is 18.1 Å². The molecule has 0 unspecified atom stereocenters. The Morgan fingerprint density at radius 1 is 0.357 bits per heavy atom. The third-order valence-electron chi connectivity index (χ3n) is 14.0. The van der Waals surface area contributed by atoms with Crippen molar-refractivity contribution in [1.29, 1.82) is 0 Å². The number of aromatic nitrogens is 1. The quantitative estimate of drug-likeness (QED) is 0.159. The molecule has 3 heterocycles. The summed E-state index contributed by atoms with van der Waals surface area (Å²) in [4.78, 5) is 2.38. The standard InChI is InChI=1S/C67H44N2O/c1-5-20-45(21-6-1)48-40-49(46-22-7-2-8-23-46)42-50(41-48)47-36-38-55-54-28-13-16-31-59(54)68(63(55)43-47)53-37-39-61-58(44-53)67(51-24-9-3-10-25-51,52-26-11-4-12-27-52)57-30-15-17-32-60(57)69(61)62-33-19-35-65-66(62)56-29-14-18-34-64(56)70-65/h1-44H/i1D,2D,5D,6D,7D,8D,20D,21D,22D,23D. The van der Waals surface area contributed by atoms with Crippen molar-refractivity contribution >= 4 is 60.8 Å². The first-order valence-electron chi connectivity index (χ1n) is 28.3. The molecule has 2 aromatic heterocycles. The number of benzene rings is 11. The van der Waals surface area contributed by atoms with E-state index in [4.69, 9.17) is 18.1 Å². The van der Waals surface area contributed by atoms with E-state index in [0.29, 0.717) is 11.1 Å². The molecule has 328 valence electrons. The SMILES string of the molecule is [2H]c1c([2H])c([2H])c(-c2cc(-c3ccc4c5ccccc5n(-c5ccc6c(c5)C(c5ccccc5)(c5ccccc5)c5ccccc5N6c5cccc6oc7ccccc7c56)c4c3)cc(-c3c([2H])c([2H])c([2H])c([2H])c3[2H])c2)c([2H])c1[2H]. The van der Waals surface area contributed by atoms with Gasteiger partial charge in [0.1, 0.15) is 11.2 Å². The summed E-state index contributed by atoms with van der Waals surface area (Å²) in [5, 5.41) is 3.97. The van der Waals surface area contributed by atoms with Crippen LogP contribution in [0.4, 0.5) is 17.1 Å². The lowest BCUT2D eigenvalue weighted by molar-refractivity contribution is 0.669. The second kappa shape index (κ2) is 16.0. The van der Waals surface area contributed by atoms with Gasteiger partial charge in [0, 0.05) is 21.8 Å². The molecule has 0 atom stereocenters. The van der Waals surface area contributed by atoms with Gasteiger partial charge in [-0.2, -0.15) is 0 Å². The molecule has 14 rings (SSSR count). The third kappa shape index (κ3) is 6.08. The van der Waals surface area contributed by atoms with E-state index in [1.165, 1.54) is 6.07 Å². The summed E-state index contributed by atoms with van der Waals surface area (Å²) in [5.41, 5.74) is 12.1. The lowest BCUT2D eigenvalue weighted by Crippen LogP contribution is -2.38. The summed E-state index contributed by atoms with van der Waals surface area (Å²) in [6, 6.07) is 65.6. The number of fused-ring (bicyclic) bond motifs is 8. The van der Waals surface area contributed by atoms with Gasteiger partial charge in [0.05, 0.1) is 52.6 Å². The maximum absolute atomic E-state index is 9.02. The van der Waals surface area contributed by atoms with Crippen molar-refractivity contribution in [3.63, 3.8) is 0 Å². The van der Waals surface area contributed by atoms with Crippen molar-refractivity contribution in [2.45, 2.75) is 5.41 Å². The molecule has 11 aromatic carbocycles. The van der Waals surface area contributed by atoms with Gasteiger partial charge in [-0.05, 0) is 128 Å². The topological polar surface area (TPSA) is 21.3 Å². The summed E-state index contributed by atoms with van der Waals surface area (Å²) >= 11 is 0. The van der Waals surface area contributed by atoms with E-state index in [-0.39, 0.29) is 22.3 Å². The van der Waals surface area contributed by atoms with E-state index >= 15 is 0 Å². The highest BCUT2D eigenvalue weighted by atomic mass is 16.3. The molecule has 0 aliphatic carbocycles.